The number of pyridine rings is 1. The van der Waals surface area contributed by atoms with Gasteiger partial charge in [-0.3, -0.25) is 10.4 Å². The van der Waals surface area contributed by atoms with Crippen LogP contribution in [0.5, 0.6) is 0 Å². The predicted octanol–water partition coefficient (Wildman–Crippen LogP) is 1.94. The van der Waals surface area contributed by atoms with Gasteiger partial charge in [-0.05, 0) is 24.3 Å². The van der Waals surface area contributed by atoms with E-state index in [0.29, 0.717) is 0 Å². The van der Waals surface area contributed by atoms with Gasteiger partial charge in [0, 0.05) is 17.1 Å². The van der Waals surface area contributed by atoms with Crippen LogP contribution in [0.2, 0.25) is 0 Å². The molecule has 0 saturated carbocycles. The van der Waals surface area contributed by atoms with E-state index in [2.05, 4.69) is 4.98 Å². The average molecular weight is 208 g/mol. The lowest BCUT2D eigenvalue weighted by molar-refractivity contribution is 1.40. The molecule has 0 saturated heterocycles. The molecule has 2 aromatic rings. The lowest BCUT2D eigenvalue weighted by Crippen LogP contribution is -2.10. The second-order valence-electron chi connectivity index (χ2n) is 2.82. The number of nitrogens with zero attached hydrogens (tertiary/aromatic N) is 1. The zero-order valence-electron chi connectivity index (χ0n) is 7.40. The first-order valence-electron chi connectivity index (χ1n) is 3.96. The smallest absolute Gasteiger partial charge is 0.122 e. The van der Waals surface area contributed by atoms with Gasteiger partial charge < -0.3 is 5.73 Å². The highest BCUT2D eigenvalue weighted by molar-refractivity contribution is 5.98. The summed E-state index contributed by atoms with van der Waals surface area (Å²) >= 11 is 0. The van der Waals surface area contributed by atoms with Gasteiger partial charge >= 0.3 is 0 Å². The number of benzene rings is 1. The summed E-state index contributed by atoms with van der Waals surface area (Å²) in [5.74, 6) is 0.0887. The van der Waals surface area contributed by atoms with Crippen molar-refractivity contribution in [2.45, 2.75) is 0 Å². The van der Waals surface area contributed by atoms with Gasteiger partial charge in [0.1, 0.15) is 5.84 Å². The van der Waals surface area contributed by atoms with E-state index in [9.17, 15) is 0 Å². The summed E-state index contributed by atoms with van der Waals surface area (Å²) < 4.78 is 0. The molecule has 0 aliphatic heterocycles. The van der Waals surface area contributed by atoms with Crippen LogP contribution in [0.4, 0.5) is 0 Å². The van der Waals surface area contributed by atoms with Crippen molar-refractivity contribution in [1.82, 2.24) is 4.98 Å². The maximum Gasteiger partial charge on any atom is 0.122 e. The van der Waals surface area contributed by atoms with Crippen LogP contribution in [0.15, 0.2) is 36.5 Å². The van der Waals surface area contributed by atoms with E-state index in [4.69, 9.17) is 11.1 Å². The van der Waals surface area contributed by atoms with Crippen molar-refractivity contribution < 1.29 is 0 Å². The Kier molecular flexibility index (Phi) is 3.04. The molecule has 1 heterocycles. The molecule has 0 bridgehead atoms. The first-order chi connectivity index (χ1) is 6.27. The highest BCUT2D eigenvalue weighted by Crippen LogP contribution is 2.12. The third-order valence-electron chi connectivity index (χ3n) is 1.91. The van der Waals surface area contributed by atoms with Crippen LogP contribution in [0.25, 0.3) is 10.9 Å². The van der Waals surface area contributed by atoms with Crippen LogP contribution in [0.1, 0.15) is 5.56 Å². The van der Waals surface area contributed by atoms with Crippen LogP contribution in [-0.4, -0.2) is 10.8 Å². The van der Waals surface area contributed by atoms with Crippen LogP contribution in [0, 0.1) is 5.41 Å². The average Bonchev–Trinajstić information content (AvgIpc) is 2.17. The fourth-order valence-corrected chi connectivity index (χ4v) is 1.24. The fourth-order valence-electron chi connectivity index (χ4n) is 1.24. The summed E-state index contributed by atoms with van der Waals surface area (Å²) in [5.41, 5.74) is 7.03. The molecule has 0 fully saturated rings. The first-order valence-corrected chi connectivity index (χ1v) is 3.96. The van der Waals surface area contributed by atoms with Crippen molar-refractivity contribution in [3.05, 3.63) is 42.1 Å². The number of nitrogen functional groups attached to an aromatic ring is 1. The summed E-state index contributed by atoms with van der Waals surface area (Å²) in [6.45, 7) is 0. The fraction of sp³-hybridized carbons (Fsp3) is 0. The molecule has 0 aliphatic rings. The zero-order chi connectivity index (χ0) is 9.26. The maximum atomic E-state index is 7.27. The lowest BCUT2D eigenvalue weighted by atomic mass is 10.1. The van der Waals surface area contributed by atoms with Crippen molar-refractivity contribution in [2.24, 2.45) is 5.73 Å². The quantitative estimate of drug-likeness (QED) is 0.555. The second kappa shape index (κ2) is 4.07. The van der Waals surface area contributed by atoms with E-state index in [0.717, 1.165) is 16.5 Å². The molecule has 0 atom stereocenters. The lowest BCUT2D eigenvalue weighted by Gasteiger charge is -1.99. The molecule has 14 heavy (non-hydrogen) atoms. The Hall–Kier alpha value is -1.61. The molecule has 72 valence electrons. The standard InChI is InChI=1S/C10H9N3.ClH/c11-10(12)8-3-4-9-7(6-8)2-1-5-13-9;/h1-6H,(H3,11,12);1H. The topological polar surface area (TPSA) is 62.8 Å². The Morgan fingerprint density at radius 2 is 2.07 bits per heavy atom. The van der Waals surface area contributed by atoms with Crippen LogP contribution in [0.3, 0.4) is 0 Å². The molecular weight excluding hydrogens is 198 g/mol. The van der Waals surface area contributed by atoms with Crippen molar-refractivity contribution in [3.8, 4) is 0 Å². The van der Waals surface area contributed by atoms with Crippen LogP contribution >= 0.6 is 12.4 Å². The molecule has 4 heteroatoms. The molecule has 3 N–H and O–H groups in total. The summed E-state index contributed by atoms with van der Waals surface area (Å²) in [6, 6.07) is 9.36. The van der Waals surface area contributed by atoms with Crippen molar-refractivity contribution in [1.29, 1.82) is 5.41 Å². The summed E-state index contributed by atoms with van der Waals surface area (Å²) in [6.07, 6.45) is 1.75. The molecule has 1 aromatic heterocycles. The normalized spacial score (nSPS) is 9.43. The van der Waals surface area contributed by atoms with E-state index in [1.54, 1.807) is 12.3 Å². The highest BCUT2D eigenvalue weighted by atomic mass is 35.5. The van der Waals surface area contributed by atoms with Crippen LogP contribution in [-0.2, 0) is 0 Å². The van der Waals surface area contributed by atoms with E-state index >= 15 is 0 Å². The molecule has 0 unspecified atom stereocenters. The Balaban J connectivity index is 0.000000980. The van der Waals surface area contributed by atoms with Gasteiger partial charge in [-0.2, -0.15) is 0 Å². The van der Waals surface area contributed by atoms with Gasteiger partial charge in [-0.15, -0.1) is 12.4 Å². The van der Waals surface area contributed by atoms with Gasteiger partial charge in [-0.1, -0.05) is 6.07 Å². The number of nitrogens with one attached hydrogen (secondary N) is 1. The van der Waals surface area contributed by atoms with Gasteiger partial charge in [-0.25, -0.2) is 0 Å². The SMILES string of the molecule is Cl.N=C(N)c1ccc2ncccc2c1. The maximum absolute atomic E-state index is 7.27. The molecule has 0 spiro atoms. The number of nitrogens with two attached hydrogens (primary N) is 1. The first kappa shape index (κ1) is 10.5. The van der Waals surface area contributed by atoms with Gasteiger partial charge in [0.25, 0.3) is 0 Å². The van der Waals surface area contributed by atoms with E-state index in [-0.39, 0.29) is 18.2 Å². The van der Waals surface area contributed by atoms with E-state index < -0.39 is 0 Å². The van der Waals surface area contributed by atoms with Crippen molar-refractivity contribution >= 4 is 29.1 Å². The number of halogens is 1. The molecule has 0 aliphatic carbocycles. The van der Waals surface area contributed by atoms with Gasteiger partial charge in [0.15, 0.2) is 0 Å². The third-order valence-corrected chi connectivity index (χ3v) is 1.91. The minimum absolute atomic E-state index is 0. The number of hydrogen-bond donors (Lipinski definition) is 2. The molecule has 2 rings (SSSR count). The number of rotatable bonds is 1. The second-order valence-corrected chi connectivity index (χ2v) is 2.82. The Morgan fingerprint density at radius 3 is 2.79 bits per heavy atom. The highest BCUT2D eigenvalue weighted by Gasteiger charge is 1.97. The number of amidine groups is 1. The molecule has 0 radical (unpaired) electrons. The summed E-state index contributed by atoms with van der Waals surface area (Å²) in [4.78, 5) is 4.17. The summed E-state index contributed by atoms with van der Waals surface area (Å²) in [5, 5.41) is 8.28. The molecule has 1 aromatic carbocycles. The van der Waals surface area contributed by atoms with Crippen molar-refractivity contribution in [2.75, 3.05) is 0 Å². The number of hydrogen-bond acceptors (Lipinski definition) is 2. The number of fused-ring (bicyclic) bond motifs is 1. The zero-order valence-corrected chi connectivity index (χ0v) is 8.21. The van der Waals surface area contributed by atoms with Crippen LogP contribution < -0.4 is 5.73 Å². The predicted molar refractivity (Wildman–Crippen MR) is 60.0 cm³/mol. The summed E-state index contributed by atoms with van der Waals surface area (Å²) in [7, 11) is 0. The minimum atomic E-state index is 0. The minimum Gasteiger partial charge on any atom is -0.384 e. The number of aromatic nitrogens is 1. The monoisotopic (exact) mass is 207 g/mol. The van der Waals surface area contributed by atoms with Gasteiger partial charge in [0.05, 0.1) is 5.52 Å². The Morgan fingerprint density at radius 1 is 1.29 bits per heavy atom. The van der Waals surface area contributed by atoms with E-state index in [1.807, 2.05) is 24.3 Å². The van der Waals surface area contributed by atoms with E-state index in [1.165, 1.54) is 0 Å². The third kappa shape index (κ3) is 1.83. The largest absolute Gasteiger partial charge is 0.384 e. The molecule has 3 nitrogen and oxygen atoms in total. The molecular formula is C10H10ClN3. The molecule has 0 amide bonds. The van der Waals surface area contributed by atoms with Crippen molar-refractivity contribution in [3.63, 3.8) is 0 Å². The Bertz CT molecular complexity index is 468. The Labute approximate surface area is 87.9 Å². The van der Waals surface area contributed by atoms with Gasteiger partial charge in [0.2, 0.25) is 0 Å².